The Kier molecular flexibility index (Phi) is 6.48. The number of nitrogens with zero attached hydrogens (tertiary/aromatic N) is 2. The highest BCUT2D eigenvalue weighted by Gasteiger charge is 2.36. The lowest BCUT2D eigenvalue weighted by Gasteiger charge is -2.27. The number of carbonyl (C=O) groups excluding carboxylic acids is 1. The van der Waals surface area contributed by atoms with E-state index in [1.807, 2.05) is 0 Å². The minimum atomic E-state index is -4.64. The van der Waals surface area contributed by atoms with Crippen molar-refractivity contribution in [2.24, 2.45) is 5.73 Å². The van der Waals surface area contributed by atoms with Crippen molar-refractivity contribution in [3.63, 3.8) is 0 Å². The van der Waals surface area contributed by atoms with Gasteiger partial charge in [0.15, 0.2) is 0 Å². The Hall–Kier alpha value is -2.86. The molecule has 0 bridgehead atoms. The van der Waals surface area contributed by atoms with E-state index in [0.29, 0.717) is 27.5 Å². The van der Waals surface area contributed by atoms with E-state index in [4.69, 9.17) is 5.73 Å². The van der Waals surface area contributed by atoms with Crippen molar-refractivity contribution >= 4 is 44.6 Å². The van der Waals surface area contributed by atoms with Gasteiger partial charge in [0.05, 0.1) is 28.5 Å². The maximum absolute atomic E-state index is 13.8. The van der Waals surface area contributed by atoms with E-state index in [-0.39, 0.29) is 29.3 Å². The summed E-state index contributed by atoms with van der Waals surface area (Å²) in [7, 11) is 1.23. The van der Waals surface area contributed by atoms with Crippen molar-refractivity contribution in [1.29, 1.82) is 0 Å². The molecule has 2 aromatic heterocycles. The second-order valence-corrected chi connectivity index (χ2v) is 8.68. The molecule has 1 aliphatic rings. The van der Waals surface area contributed by atoms with E-state index < -0.39 is 17.8 Å². The van der Waals surface area contributed by atoms with Crippen molar-refractivity contribution < 1.29 is 22.7 Å². The van der Waals surface area contributed by atoms with Crippen LogP contribution >= 0.6 is 15.9 Å². The fourth-order valence-corrected chi connectivity index (χ4v) is 4.58. The number of halogens is 4. The number of rotatable bonds is 4. The van der Waals surface area contributed by atoms with E-state index in [9.17, 15) is 18.0 Å². The van der Waals surface area contributed by atoms with E-state index >= 15 is 0 Å². The van der Waals surface area contributed by atoms with Crippen molar-refractivity contribution in [3.05, 3.63) is 34.6 Å². The fourth-order valence-electron chi connectivity index (χ4n) is 4.02. The smallest absolute Gasteiger partial charge is 0.419 e. The molecule has 0 unspecified atom stereocenters. The maximum Gasteiger partial charge on any atom is 0.419 e. The summed E-state index contributed by atoms with van der Waals surface area (Å²) in [5.74, 6) is 0.120. The predicted octanol–water partition coefficient (Wildman–Crippen LogP) is 5.27. The quantitative estimate of drug-likeness (QED) is 0.368. The second-order valence-electron chi connectivity index (χ2n) is 7.89. The molecule has 0 saturated heterocycles. The highest BCUT2D eigenvalue weighted by Crippen LogP contribution is 2.41. The maximum atomic E-state index is 13.8. The predicted molar refractivity (Wildman–Crippen MR) is 122 cm³/mol. The number of aromatic amines is 1. The number of anilines is 2. The molecular formula is C21H22BrF3N6O2. The standard InChI is InChI=1S/C21H22BrF3N6O2/c1-33-20(32)30-15-6-5-12-13(8-27-18(12)16(15)22)17-14(21(23,24)25)9-28-19(31-17)29-11-4-2-3-10(26)7-11/h5-6,8-11,27H,2-4,7,26H2,1H3,(H,30,32)(H,28,29,31)/t10-,11+/m1/s1. The van der Waals surface area contributed by atoms with Gasteiger partial charge >= 0.3 is 12.3 Å². The Bertz CT molecular complexity index is 1180. The van der Waals surface area contributed by atoms with Gasteiger partial charge in [-0.1, -0.05) is 6.07 Å². The van der Waals surface area contributed by atoms with Gasteiger partial charge in [-0.15, -0.1) is 0 Å². The molecule has 0 spiro atoms. The SMILES string of the molecule is COC(=O)Nc1ccc2c(-c3nc(N[C@H]4CCC[C@@H](N)C4)ncc3C(F)(F)F)c[nH]c2c1Br. The van der Waals surface area contributed by atoms with Crippen molar-refractivity contribution in [2.75, 3.05) is 17.7 Å². The van der Waals surface area contributed by atoms with Gasteiger partial charge in [-0.2, -0.15) is 13.2 Å². The number of fused-ring (bicyclic) bond motifs is 1. The van der Waals surface area contributed by atoms with Crippen LogP contribution in [0.5, 0.6) is 0 Å². The van der Waals surface area contributed by atoms with Crippen molar-refractivity contribution in [2.45, 2.75) is 43.9 Å². The number of nitrogens with one attached hydrogen (secondary N) is 3. The molecular weight excluding hydrogens is 505 g/mol. The lowest BCUT2D eigenvalue weighted by atomic mass is 9.92. The largest absolute Gasteiger partial charge is 0.453 e. The zero-order chi connectivity index (χ0) is 23.8. The third-order valence-corrected chi connectivity index (χ3v) is 6.44. The van der Waals surface area contributed by atoms with Crippen LogP contribution in [0.3, 0.4) is 0 Å². The summed E-state index contributed by atoms with van der Waals surface area (Å²) in [5.41, 5.74) is 5.99. The number of benzene rings is 1. The topological polar surface area (TPSA) is 118 Å². The normalized spacial score (nSPS) is 18.8. The molecule has 12 heteroatoms. The van der Waals surface area contributed by atoms with Gasteiger partial charge in [-0.05, 0) is 47.7 Å². The highest BCUT2D eigenvalue weighted by atomic mass is 79.9. The van der Waals surface area contributed by atoms with Crippen molar-refractivity contribution in [3.8, 4) is 11.3 Å². The number of carbonyl (C=O) groups is 1. The summed E-state index contributed by atoms with van der Waals surface area (Å²) in [5, 5.41) is 6.17. The number of alkyl halides is 3. The summed E-state index contributed by atoms with van der Waals surface area (Å²) < 4.78 is 46.5. The number of hydrogen-bond donors (Lipinski definition) is 4. The van der Waals surface area contributed by atoms with E-state index in [2.05, 4.69) is 46.3 Å². The number of nitrogens with two attached hydrogens (primary N) is 1. The average molecular weight is 527 g/mol. The van der Waals surface area contributed by atoms with E-state index in [1.165, 1.54) is 13.3 Å². The molecule has 1 fully saturated rings. The van der Waals surface area contributed by atoms with E-state index in [0.717, 1.165) is 25.5 Å². The summed E-state index contributed by atoms with van der Waals surface area (Å²) >= 11 is 3.39. The van der Waals surface area contributed by atoms with Crippen LogP contribution in [0.15, 0.2) is 29.0 Å². The van der Waals surface area contributed by atoms with Crippen LogP contribution in [0, 0.1) is 0 Å². The highest BCUT2D eigenvalue weighted by molar-refractivity contribution is 9.10. The molecule has 0 aliphatic heterocycles. The number of methoxy groups -OCH3 is 1. The molecule has 1 aliphatic carbocycles. The monoisotopic (exact) mass is 526 g/mol. The van der Waals surface area contributed by atoms with Crippen LogP contribution in [0.2, 0.25) is 0 Å². The fraction of sp³-hybridized carbons (Fsp3) is 0.381. The zero-order valence-electron chi connectivity index (χ0n) is 17.6. The van der Waals surface area contributed by atoms with Gasteiger partial charge in [-0.3, -0.25) is 5.32 Å². The van der Waals surface area contributed by atoms with Crippen LogP contribution in [-0.2, 0) is 10.9 Å². The number of ether oxygens (including phenoxy) is 1. The molecule has 8 nitrogen and oxygen atoms in total. The van der Waals surface area contributed by atoms with Crippen LogP contribution in [0.25, 0.3) is 22.2 Å². The molecule has 0 radical (unpaired) electrons. The van der Waals surface area contributed by atoms with Crippen LogP contribution in [0.1, 0.15) is 31.2 Å². The number of H-pyrrole nitrogens is 1. The molecule has 2 atom stereocenters. The lowest BCUT2D eigenvalue weighted by Crippen LogP contribution is -2.35. The van der Waals surface area contributed by atoms with Gasteiger partial charge in [0.1, 0.15) is 5.56 Å². The van der Waals surface area contributed by atoms with Crippen LogP contribution in [0.4, 0.5) is 29.6 Å². The summed E-state index contributed by atoms with van der Waals surface area (Å²) in [4.78, 5) is 22.7. The van der Waals surface area contributed by atoms with Gasteiger partial charge in [0, 0.05) is 35.4 Å². The molecule has 2 heterocycles. The number of aromatic nitrogens is 3. The minimum absolute atomic E-state index is 0.00223. The number of hydrogen-bond acceptors (Lipinski definition) is 6. The Morgan fingerprint density at radius 2 is 2.12 bits per heavy atom. The minimum Gasteiger partial charge on any atom is -0.453 e. The molecule has 33 heavy (non-hydrogen) atoms. The molecule has 1 saturated carbocycles. The lowest BCUT2D eigenvalue weighted by molar-refractivity contribution is -0.137. The Morgan fingerprint density at radius 1 is 1.33 bits per heavy atom. The summed E-state index contributed by atoms with van der Waals surface area (Å²) in [6.45, 7) is 0. The Balaban J connectivity index is 1.76. The zero-order valence-corrected chi connectivity index (χ0v) is 19.2. The molecule has 3 aromatic rings. The third-order valence-electron chi connectivity index (χ3n) is 5.61. The first-order chi connectivity index (χ1) is 15.7. The summed E-state index contributed by atoms with van der Waals surface area (Å²) in [6.07, 6.45) is 0.353. The molecule has 1 amide bonds. The van der Waals surface area contributed by atoms with Gasteiger partial charge < -0.3 is 20.8 Å². The molecule has 1 aromatic carbocycles. The Labute approximate surface area is 195 Å². The van der Waals surface area contributed by atoms with Crippen molar-refractivity contribution in [1.82, 2.24) is 15.0 Å². The second kappa shape index (κ2) is 9.18. The van der Waals surface area contributed by atoms with Gasteiger partial charge in [-0.25, -0.2) is 14.8 Å². The first-order valence-electron chi connectivity index (χ1n) is 10.3. The average Bonchev–Trinajstić information content (AvgIpc) is 3.19. The van der Waals surface area contributed by atoms with Gasteiger partial charge in [0.2, 0.25) is 5.95 Å². The first kappa shape index (κ1) is 23.3. The first-order valence-corrected chi connectivity index (χ1v) is 11.1. The Morgan fingerprint density at radius 3 is 2.82 bits per heavy atom. The third kappa shape index (κ3) is 4.91. The number of amides is 1. The van der Waals surface area contributed by atoms with Gasteiger partial charge in [0.25, 0.3) is 0 Å². The molecule has 4 rings (SSSR count). The van der Waals surface area contributed by atoms with Crippen LogP contribution < -0.4 is 16.4 Å². The summed E-state index contributed by atoms with van der Waals surface area (Å²) in [6, 6.07) is 3.22. The molecule has 176 valence electrons. The van der Waals surface area contributed by atoms with E-state index in [1.54, 1.807) is 12.1 Å². The van der Waals surface area contributed by atoms with Crippen LogP contribution in [-0.4, -0.2) is 40.2 Å². The molecule has 5 N–H and O–H groups in total.